The smallest absolute Gasteiger partial charge is 0.303 e. The highest BCUT2D eigenvalue weighted by molar-refractivity contribution is 7.93. The highest BCUT2D eigenvalue weighted by atomic mass is 32.2. The maximum Gasteiger partial charge on any atom is 0.303 e. The first kappa shape index (κ1) is 27.5. The third kappa shape index (κ3) is 6.36. The van der Waals surface area contributed by atoms with Gasteiger partial charge < -0.3 is 19.7 Å². The van der Waals surface area contributed by atoms with Crippen molar-refractivity contribution >= 4 is 27.8 Å². The van der Waals surface area contributed by atoms with Crippen molar-refractivity contribution in [2.24, 2.45) is 5.92 Å². The maximum absolute atomic E-state index is 14.0. The zero-order chi connectivity index (χ0) is 26.5. The number of anilines is 1. The van der Waals surface area contributed by atoms with Crippen molar-refractivity contribution in [3.8, 4) is 11.6 Å². The van der Waals surface area contributed by atoms with Crippen molar-refractivity contribution in [3.63, 3.8) is 0 Å². The van der Waals surface area contributed by atoms with E-state index in [-0.39, 0.29) is 43.4 Å². The van der Waals surface area contributed by atoms with Crippen LogP contribution in [-0.4, -0.2) is 55.4 Å². The summed E-state index contributed by atoms with van der Waals surface area (Å²) in [6, 6.07) is 6.84. The van der Waals surface area contributed by atoms with Crippen molar-refractivity contribution in [2.75, 3.05) is 24.1 Å². The van der Waals surface area contributed by atoms with E-state index in [0.29, 0.717) is 22.9 Å². The fourth-order valence-electron chi connectivity index (χ4n) is 4.06. The summed E-state index contributed by atoms with van der Waals surface area (Å²) in [6.07, 6.45) is 3.76. The zero-order valence-corrected chi connectivity index (χ0v) is 21.9. The molecule has 0 unspecified atom stereocenters. The lowest BCUT2D eigenvalue weighted by Gasteiger charge is -2.35. The molecule has 2 heterocycles. The third-order valence-electron chi connectivity index (χ3n) is 5.95. The van der Waals surface area contributed by atoms with Gasteiger partial charge in [0.2, 0.25) is 5.88 Å². The monoisotopic (exact) mass is 518 g/mol. The van der Waals surface area contributed by atoms with Gasteiger partial charge in [-0.1, -0.05) is 38.5 Å². The molecule has 2 N–H and O–H groups in total. The van der Waals surface area contributed by atoms with Crippen LogP contribution >= 0.6 is 0 Å². The van der Waals surface area contributed by atoms with Gasteiger partial charge in [0.25, 0.3) is 10.0 Å². The van der Waals surface area contributed by atoms with Gasteiger partial charge in [-0.05, 0) is 55.0 Å². The molecule has 9 nitrogen and oxygen atoms in total. The average molecular weight is 519 g/mol. The molecule has 2 aromatic rings. The minimum atomic E-state index is -4.18. The number of allylic oxidation sites excluding steroid dienone is 1. The molecule has 0 spiro atoms. The molecule has 0 amide bonds. The lowest BCUT2D eigenvalue weighted by molar-refractivity contribution is -0.137. The fourth-order valence-corrected chi connectivity index (χ4v) is 5.72. The Morgan fingerprint density at radius 2 is 2.08 bits per heavy atom. The number of carboxylic acids is 1. The number of aliphatic hydroxyl groups excluding tert-OH is 1. The minimum absolute atomic E-state index is 0.0615. The van der Waals surface area contributed by atoms with Crippen LogP contribution in [-0.2, 0) is 14.8 Å². The van der Waals surface area contributed by atoms with Crippen LogP contribution in [0.15, 0.2) is 40.9 Å². The summed E-state index contributed by atoms with van der Waals surface area (Å²) in [5.41, 5.74) is 3.06. The molecule has 3 rings (SSSR count). The number of sulfonamides is 1. The van der Waals surface area contributed by atoms with Crippen molar-refractivity contribution in [3.05, 3.63) is 47.2 Å². The van der Waals surface area contributed by atoms with Crippen LogP contribution < -0.4 is 13.8 Å². The minimum Gasteiger partial charge on any atom is -0.486 e. The van der Waals surface area contributed by atoms with E-state index in [1.165, 1.54) is 22.1 Å². The van der Waals surface area contributed by atoms with Gasteiger partial charge >= 0.3 is 5.97 Å². The molecule has 0 radical (unpaired) electrons. The average Bonchev–Trinajstić information content (AvgIpc) is 2.84. The molecule has 0 aliphatic carbocycles. The molecule has 1 aromatic carbocycles. The van der Waals surface area contributed by atoms with E-state index in [4.69, 9.17) is 14.6 Å². The maximum atomic E-state index is 14.0. The SMILES string of the molecule is CC/C(=C\c1ccc2c(c1)N(S(=O)(=O)c1cc(C)cnc1OCCO)C[C@H](CCC(=O)O)O2)C(C)C. The van der Waals surface area contributed by atoms with Crippen molar-refractivity contribution in [1.82, 2.24) is 4.98 Å². The molecular formula is C26H34N2O7S. The first-order valence-corrected chi connectivity index (χ1v) is 13.5. The number of hydrogen-bond donors (Lipinski definition) is 2. The Morgan fingerprint density at radius 3 is 2.72 bits per heavy atom. The molecule has 0 bridgehead atoms. The van der Waals surface area contributed by atoms with Gasteiger partial charge in [0.1, 0.15) is 23.4 Å². The standard InChI is InChI=1S/C26H34N2O7S/c1-5-20(17(2)3)13-19-6-8-23-22(14-19)28(16-21(35-23)7-9-25(30)31)36(32,33)24-12-18(4)15-27-26(24)34-11-10-29/h6,8,12-15,17,21,29H,5,7,9-11,16H2,1-4H3,(H,30,31)/b20-13+/t21-/m0/s1. The van der Waals surface area contributed by atoms with Crippen LogP contribution in [0.1, 0.15) is 51.2 Å². The lowest BCUT2D eigenvalue weighted by Crippen LogP contribution is -2.44. The highest BCUT2D eigenvalue weighted by Crippen LogP contribution is 2.40. The number of aromatic nitrogens is 1. The lowest BCUT2D eigenvalue weighted by atomic mass is 9.98. The van der Waals surface area contributed by atoms with Gasteiger partial charge in [-0.15, -0.1) is 0 Å². The number of pyridine rings is 1. The number of aryl methyl sites for hydroxylation is 1. The summed E-state index contributed by atoms with van der Waals surface area (Å²) in [5.74, 6) is -0.387. The van der Waals surface area contributed by atoms with Crippen LogP contribution in [0.2, 0.25) is 0 Å². The second-order valence-electron chi connectivity index (χ2n) is 9.05. The molecular weight excluding hydrogens is 484 g/mol. The Morgan fingerprint density at radius 1 is 1.33 bits per heavy atom. The Hall–Kier alpha value is -3.11. The van der Waals surface area contributed by atoms with E-state index < -0.39 is 22.1 Å². The first-order chi connectivity index (χ1) is 17.1. The second-order valence-corrected chi connectivity index (χ2v) is 10.9. The Balaban J connectivity index is 2.13. The number of carboxylic acid groups (broad SMARTS) is 1. The van der Waals surface area contributed by atoms with Crippen LogP contribution in [0.4, 0.5) is 5.69 Å². The molecule has 0 fully saturated rings. The summed E-state index contributed by atoms with van der Waals surface area (Å²) in [5, 5.41) is 18.3. The van der Waals surface area contributed by atoms with E-state index in [1.807, 2.05) is 6.07 Å². The van der Waals surface area contributed by atoms with E-state index in [1.54, 1.807) is 19.1 Å². The van der Waals surface area contributed by atoms with Gasteiger partial charge in [-0.2, -0.15) is 0 Å². The molecule has 1 aromatic heterocycles. The van der Waals surface area contributed by atoms with E-state index >= 15 is 0 Å². The van der Waals surface area contributed by atoms with Gasteiger partial charge in [0.05, 0.1) is 18.8 Å². The van der Waals surface area contributed by atoms with Crippen molar-refractivity contribution < 1.29 is 32.9 Å². The molecule has 196 valence electrons. The molecule has 0 saturated heterocycles. The first-order valence-electron chi connectivity index (χ1n) is 12.0. The predicted octanol–water partition coefficient (Wildman–Crippen LogP) is 4.03. The summed E-state index contributed by atoms with van der Waals surface area (Å²) >= 11 is 0. The van der Waals surface area contributed by atoms with Crippen LogP contribution in [0, 0.1) is 12.8 Å². The molecule has 1 aliphatic heterocycles. The summed E-state index contributed by atoms with van der Waals surface area (Å²) in [7, 11) is -4.18. The number of benzene rings is 1. The van der Waals surface area contributed by atoms with Crippen LogP contribution in [0.5, 0.6) is 11.6 Å². The van der Waals surface area contributed by atoms with Gasteiger partial charge in [-0.25, -0.2) is 13.4 Å². The topological polar surface area (TPSA) is 126 Å². The summed E-state index contributed by atoms with van der Waals surface area (Å²) < 4.78 is 40.8. The van der Waals surface area contributed by atoms with Gasteiger partial charge in [0, 0.05) is 12.6 Å². The van der Waals surface area contributed by atoms with Crippen LogP contribution in [0.3, 0.4) is 0 Å². The second kappa shape index (κ2) is 11.7. The fraction of sp³-hybridized carbons (Fsp3) is 0.462. The molecule has 1 aliphatic rings. The van der Waals surface area contributed by atoms with Crippen molar-refractivity contribution in [2.45, 2.75) is 58.0 Å². The summed E-state index contributed by atoms with van der Waals surface area (Å²) in [4.78, 5) is 15.2. The Labute approximate surface area is 212 Å². The quantitative estimate of drug-likeness (QED) is 0.457. The highest BCUT2D eigenvalue weighted by Gasteiger charge is 2.37. The van der Waals surface area contributed by atoms with E-state index in [2.05, 4.69) is 31.8 Å². The van der Waals surface area contributed by atoms with Gasteiger partial charge in [0.15, 0.2) is 0 Å². The van der Waals surface area contributed by atoms with Crippen LogP contribution in [0.25, 0.3) is 6.08 Å². The zero-order valence-electron chi connectivity index (χ0n) is 21.1. The number of aliphatic hydroxyl groups is 1. The summed E-state index contributed by atoms with van der Waals surface area (Å²) in [6.45, 7) is 7.57. The molecule has 36 heavy (non-hydrogen) atoms. The molecule has 1 atom stereocenters. The number of fused-ring (bicyclic) bond motifs is 1. The normalized spacial score (nSPS) is 16.0. The number of ether oxygens (including phenoxy) is 2. The number of rotatable bonds is 11. The third-order valence-corrected chi connectivity index (χ3v) is 7.72. The Kier molecular flexibility index (Phi) is 8.97. The van der Waals surface area contributed by atoms with Crippen molar-refractivity contribution in [1.29, 1.82) is 0 Å². The Bertz CT molecular complexity index is 1220. The molecule has 10 heteroatoms. The largest absolute Gasteiger partial charge is 0.486 e. The number of hydrogen-bond acceptors (Lipinski definition) is 7. The van der Waals surface area contributed by atoms with E-state index in [9.17, 15) is 18.3 Å². The number of aliphatic carboxylic acids is 1. The van der Waals surface area contributed by atoms with Gasteiger partial charge in [-0.3, -0.25) is 9.10 Å². The van der Waals surface area contributed by atoms with E-state index in [0.717, 1.165) is 12.0 Å². The molecule has 0 saturated carbocycles. The predicted molar refractivity (Wildman–Crippen MR) is 137 cm³/mol. The number of carbonyl (C=O) groups is 1. The number of nitrogens with zero attached hydrogens (tertiary/aromatic N) is 2.